The number of alkyl halides is 3. The summed E-state index contributed by atoms with van der Waals surface area (Å²) in [6.45, 7) is 6.73. The number of carbonyl (C=O) groups is 1. The molecule has 29 heavy (non-hydrogen) atoms. The molecule has 2 aromatic rings. The van der Waals surface area contributed by atoms with Crippen molar-refractivity contribution in [1.29, 1.82) is 0 Å². The van der Waals surface area contributed by atoms with Gasteiger partial charge in [-0.3, -0.25) is 0 Å². The molecular formula is C20H24F3N3O3. The number of primary amides is 1. The first-order valence-corrected chi connectivity index (χ1v) is 9.02. The summed E-state index contributed by atoms with van der Waals surface area (Å²) in [5.41, 5.74) is 3.66. The second-order valence-electron chi connectivity index (χ2n) is 7.46. The highest BCUT2D eigenvalue weighted by atomic mass is 19.4. The Kier molecular flexibility index (Phi) is 6.71. The van der Waals surface area contributed by atoms with E-state index in [1.807, 2.05) is 13.8 Å². The molecule has 0 saturated heterocycles. The number of benzene rings is 1. The number of aryl methyl sites for hydroxylation is 1. The van der Waals surface area contributed by atoms with Gasteiger partial charge in [0, 0.05) is 11.8 Å². The molecule has 158 valence electrons. The third kappa shape index (κ3) is 6.33. The minimum absolute atomic E-state index is 0.105. The third-order valence-electron chi connectivity index (χ3n) is 4.08. The number of rotatable bonds is 7. The molecule has 0 unspecified atom stereocenters. The number of hydrogen-bond acceptors (Lipinski definition) is 5. The number of ether oxygens (including phenoxy) is 2. The molecule has 0 radical (unpaired) electrons. The predicted octanol–water partition coefficient (Wildman–Crippen LogP) is 4.75. The highest BCUT2D eigenvalue weighted by molar-refractivity contribution is 5.65. The zero-order chi connectivity index (χ0) is 21.8. The van der Waals surface area contributed by atoms with Crippen molar-refractivity contribution < 1.29 is 27.4 Å². The van der Waals surface area contributed by atoms with Gasteiger partial charge in [0.15, 0.2) is 0 Å². The van der Waals surface area contributed by atoms with E-state index in [0.717, 1.165) is 6.07 Å². The van der Waals surface area contributed by atoms with Crippen LogP contribution in [0.3, 0.4) is 0 Å². The Morgan fingerprint density at radius 1 is 1.24 bits per heavy atom. The van der Waals surface area contributed by atoms with Crippen molar-refractivity contribution in [2.24, 2.45) is 11.7 Å². The standard InChI is InChI=1S/C20H24F3N3O3/c1-12(2)10-19(4,29-18(24)27)11-28-17-6-5-14(9-15(17)20(21,22)23)16-7-8-25-13(3)26-16/h5-9,12H,10-11H2,1-4H3,(H2,24,27)/t19-/m0/s1. The maximum absolute atomic E-state index is 13.6. The monoisotopic (exact) mass is 411 g/mol. The third-order valence-corrected chi connectivity index (χ3v) is 4.08. The maximum Gasteiger partial charge on any atom is 0.419 e. The van der Waals surface area contributed by atoms with Gasteiger partial charge in [-0.05, 0) is 50.5 Å². The summed E-state index contributed by atoms with van der Waals surface area (Å²) in [6.07, 6.45) is -3.81. The molecule has 0 aliphatic heterocycles. The van der Waals surface area contributed by atoms with Crippen LogP contribution in [0.2, 0.25) is 0 Å². The molecule has 1 aromatic heterocycles. The fourth-order valence-corrected chi connectivity index (χ4v) is 3.12. The van der Waals surface area contributed by atoms with Gasteiger partial charge in [0.2, 0.25) is 0 Å². The highest BCUT2D eigenvalue weighted by Gasteiger charge is 2.36. The first-order valence-electron chi connectivity index (χ1n) is 9.02. The van der Waals surface area contributed by atoms with Crippen LogP contribution in [0.25, 0.3) is 11.3 Å². The summed E-state index contributed by atoms with van der Waals surface area (Å²) in [5.74, 6) is 0.188. The molecular weight excluding hydrogens is 387 g/mol. The number of carbonyl (C=O) groups excluding carboxylic acids is 1. The zero-order valence-electron chi connectivity index (χ0n) is 16.7. The number of halogens is 3. The van der Waals surface area contributed by atoms with Crippen LogP contribution in [0.4, 0.5) is 18.0 Å². The number of amides is 1. The Hall–Kier alpha value is -2.84. The van der Waals surface area contributed by atoms with Crippen LogP contribution in [0, 0.1) is 12.8 Å². The van der Waals surface area contributed by atoms with Crippen LogP contribution in [-0.4, -0.2) is 28.3 Å². The number of hydrogen-bond donors (Lipinski definition) is 1. The van der Waals surface area contributed by atoms with Crippen molar-refractivity contribution >= 4 is 6.09 Å². The van der Waals surface area contributed by atoms with Crippen LogP contribution in [0.1, 0.15) is 38.6 Å². The molecule has 0 bridgehead atoms. The second kappa shape index (κ2) is 8.67. The highest BCUT2D eigenvalue weighted by Crippen LogP contribution is 2.39. The summed E-state index contributed by atoms with van der Waals surface area (Å²) < 4.78 is 51.5. The van der Waals surface area contributed by atoms with E-state index in [0.29, 0.717) is 17.9 Å². The molecule has 1 heterocycles. The Morgan fingerprint density at radius 3 is 2.48 bits per heavy atom. The SMILES string of the molecule is Cc1nccc(-c2ccc(OC[C@](C)(CC(C)C)OC(N)=O)c(C(F)(F)F)c2)n1. The molecule has 2 N–H and O–H groups in total. The van der Waals surface area contributed by atoms with E-state index in [1.54, 1.807) is 13.8 Å². The van der Waals surface area contributed by atoms with Gasteiger partial charge in [-0.1, -0.05) is 13.8 Å². The molecule has 1 aromatic carbocycles. The minimum Gasteiger partial charge on any atom is -0.489 e. The first-order chi connectivity index (χ1) is 13.4. The topological polar surface area (TPSA) is 87.3 Å². The van der Waals surface area contributed by atoms with E-state index in [-0.39, 0.29) is 23.8 Å². The molecule has 1 amide bonds. The summed E-state index contributed by atoms with van der Waals surface area (Å²) in [7, 11) is 0. The minimum atomic E-state index is -4.65. The van der Waals surface area contributed by atoms with Crippen LogP contribution in [0.5, 0.6) is 5.75 Å². The summed E-state index contributed by atoms with van der Waals surface area (Å²) in [4.78, 5) is 19.3. The molecule has 0 aliphatic rings. The lowest BCUT2D eigenvalue weighted by Crippen LogP contribution is -2.41. The molecule has 0 fully saturated rings. The van der Waals surface area contributed by atoms with Crippen molar-refractivity contribution in [3.63, 3.8) is 0 Å². The van der Waals surface area contributed by atoms with Crippen molar-refractivity contribution in [1.82, 2.24) is 9.97 Å². The Morgan fingerprint density at radius 2 is 1.93 bits per heavy atom. The molecule has 0 aliphatic carbocycles. The quantitative estimate of drug-likeness (QED) is 0.710. The zero-order valence-corrected chi connectivity index (χ0v) is 16.7. The average molecular weight is 411 g/mol. The number of nitrogens with zero attached hydrogens (tertiary/aromatic N) is 2. The van der Waals surface area contributed by atoms with Gasteiger partial charge < -0.3 is 15.2 Å². The van der Waals surface area contributed by atoms with Gasteiger partial charge in [0.1, 0.15) is 23.8 Å². The van der Waals surface area contributed by atoms with Crippen molar-refractivity contribution in [2.75, 3.05) is 6.61 Å². The molecule has 6 nitrogen and oxygen atoms in total. The van der Waals surface area contributed by atoms with Crippen molar-refractivity contribution in [3.8, 4) is 17.0 Å². The van der Waals surface area contributed by atoms with E-state index < -0.39 is 23.4 Å². The van der Waals surface area contributed by atoms with Crippen LogP contribution in [0.15, 0.2) is 30.5 Å². The van der Waals surface area contributed by atoms with Gasteiger partial charge in [-0.15, -0.1) is 0 Å². The molecule has 1 atom stereocenters. The summed E-state index contributed by atoms with van der Waals surface area (Å²) >= 11 is 0. The van der Waals surface area contributed by atoms with Gasteiger partial charge >= 0.3 is 12.3 Å². The first kappa shape index (κ1) is 22.4. The summed E-state index contributed by atoms with van der Waals surface area (Å²) in [6, 6.07) is 5.23. The number of nitrogens with two attached hydrogens (primary N) is 1. The molecule has 9 heteroatoms. The van der Waals surface area contributed by atoms with Crippen molar-refractivity contribution in [3.05, 3.63) is 41.9 Å². The van der Waals surface area contributed by atoms with E-state index >= 15 is 0 Å². The fraction of sp³-hybridized carbons (Fsp3) is 0.450. The smallest absolute Gasteiger partial charge is 0.419 e. The lowest BCUT2D eigenvalue weighted by Gasteiger charge is -2.30. The largest absolute Gasteiger partial charge is 0.489 e. The number of aromatic nitrogens is 2. The van der Waals surface area contributed by atoms with Gasteiger partial charge in [-0.25, -0.2) is 14.8 Å². The second-order valence-corrected chi connectivity index (χ2v) is 7.46. The summed E-state index contributed by atoms with van der Waals surface area (Å²) in [5, 5.41) is 0. The van der Waals surface area contributed by atoms with Crippen LogP contribution < -0.4 is 10.5 Å². The Bertz CT molecular complexity index is 872. The van der Waals surface area contributed by atoms with E-state index in [1.165, 1.54) is 24.4 Å². The average Bonchev–Trinajstić information content (AvgIpc) is 2.57. The Labute approximate surface area is 167 Å². The van der Waals surface area contributed by atoms with Gasteiger partial charge in [-0.2, -0.15) is 13.2 Å². The van der Waals surface area contributed by atoms with Crippen LogP contribution >= 0.6 is 0 Å². The van der Waals surface area contributed by atoms with Crippen molar-refractivity contribution in [2.45, 2.75) is 45.9 Å². The van der Waals surface area contributed by atoms with E-state index in [2.05, 4.69) is 9.97 Å². The molecule has 0 spiro atoms. The fourth-order valence-electron chi connectivity index (χ4n) is 3.12. The van der Waals surface area contributed by atoms with Gasteiger partial charge in [0.05, 0.1) is 11.3 Å². The molecule has 2 rings (SSSR count). The van der Waals surface area contributed by atoms with E-state index in [9.17, 15) is 18.0 Å². The lowest BCUT2D eigenvalue weighted by molar-refractivity contribution is -0.139. The molecule has 0 saturated carbocycles. The maximum atomic E-state index is 13.6. The van der Waals surface area contributed by atoms with Crippen LogP contribution in [-0.2, 0) is 10.9 Å². The normalized spacial score (nSPS) is 13.8. The Balaban J connectivity index is 2.35. The lowest BCUT2D eigenvalue weighted by atomic mass is 9.95. The van der Waals surface area contributed by atoms with E-state index in [4.69, 9.17) is 15.2 Å². The van der Waals surface area contributed by atoms with Gasteiger partial charge in [0.25, 0.3) is 0 Å². The predicted molar refractivity (Wildman–Crippen MR) is 101 cm³/mol.